The number of hydrogen-bond acceptors (Lipinski definition) is 5. The lowest BCUT2D eigenvalue weighted by Crippen LogP contribution is -2.46. The monoisotopic (exact) mass is 936 g/mol. The van der Waals surface area contributed by atoms with Gasteiger partial charge in [0.15, 0.2) is 0 Å². The lowest BCUT2D eigenvalue weighted by Gasteiger charge is -2.24. The Morgan fingerprint density at radius 1 is 0.448 bits per heavy atom. The number of esters is 1. The predicted octanol–water partition coefficient (Wildman–Crippen LogP) is 17.7. The summed E-state index contributed by atoms with van der Waals surface area (Å²) < 4.78 is 5.92. The maximum absolute atomic E-state index is 13.3. The predicted molar refractivity (Wildman–Crippen MR) is 291 cm³/mol. The molecule has 0 saturated carbocycles. The molecular formula is C61H109NO5. The first kappa shape index (κ1) is 64.3. The van der Waals surface area contributed by atoms with Crippen LogP contribution in [-0.2, 0) is 14.3 Å². The van der Waals surface area contributed by atoms with Gasteiger partial charge >= 0.3 is 5.97 Å². The molecule has 0 aliphatic heterocycles. The number of amides is 1. The van der Waals surface area contributed by atoms with Crippen LogP contribution >= 0.6 is 0 Å². The van der Waals surface area contributed by atoms with Crippen LogP contribution in [0.15, 0.2) is 72.9 Å². The number of hydrogen-bond donors (Lipinski definition) is 3. The Labute approximate surface area is 415 Å². The zero-order valence-corrected chi connectivity index (χ0v) is 44.3. The Balaban J connectivity index is 4.65. The smallest absolute Gasteiger partial charge is 0.306 e. The number of aliphatic hydroxyl groups is 2. The number of rotatable bonds is 51. The van der Waals surface area contributed by atoms with Crippen molar-refractivity contribution < 1.29 is 24.5 Å². The van der Waals surface area contributed by atoms with E-state index in [1.54, 1.807) is 0 Å². The lowest BCUT2D eigenvalue weighted by atomic mass is 10.0. The molecule has 0 saturated heterocycles. The van der Waals surface area contributed by atoms with E-state index < -0.39 is 18.2 Å². The van der Waals surface area contributed by atoms with Crippen LogP contribution < -0.4 is 5.32 Å². The molecule has 0 bridgehead atoms. The maximum Gasteiger partial charge on any atom is 0.306 e. The van der Waals surface area contributed by atoms with Crippen LogP contribution in [0.5, 0.6) is 0 Å². The van der Waals surface area contributed by atoms with E-state index in [1.807, 2.05) is 6.08 Å². The standard InChI is InChI=1S/C61H109NO5/c1-4-7-10-13-16-19-22-25-28-29-30-31-33-36-39-42-45-48-51-54-61(66)67-57(52-49-46-43-40-37-34-27-24-21-18-15-12-9-6-3)55-60(65)62-58(56-63)59(64)53-50-47-44-41-38-35-32-26-23-20-17-14-11-8-5-2/h7,10,16,19,25,28,30-31,36,39,45,48,57-59,63-64H,4-6,8-9,11-15,17-18,20-24,26-27,29,32-35,37-38,40-44,46-47,49-56H2,1-3H3,(H,62,65)/b10-7-,19-16-,28-25-,31-30-,39-36-,48-45-. The molecule has 67 heavy (non-hydrogen) atoms. The third-order valence-electron chi connectivity index (χ3n) is 12.8. The summed E-state index contributed by atoms with van der Waals surface area (Å²) in [6, 6.07) is -0.718. The van der Waals surface area contributed by atoms with Crippen molar-refractivity contribution in [3.8, 4) is 0 Å². The number of carbonyl (C=O) groups excluding carboxylic acids is 2. The summed E-state index contributed by atoms with van der Waals surface area (Å²) in [7, 11) is 0. The molecular weight excluding hydrogens is 827 g/mol. The van der Waals surface area contributed by atoms with Crippen molar-refractivity contribution in [2.45, 2.75) is 296 Å². The average molecular weight is 937 g/mol. The van der Waals surface area contributed by atoms with Crippen molar-refractivity contribution in [2.24, 2.45) is 0 Å². The molecule has 388 valence electrons. The second kappa shape index (κ2) is 54.2. The molecule has 0 fully saturated rings. The van der Waals surface area contributed by atoms with Gasteiger partial charge < -0.3 is 20.3 Å². The van der Waals surface area contributed by atoms with E-state index >= 15 is 0 Å². The Morgan fingerprint density at radius 2 is 0.776 bits per heavy atom. The highest BCUT2D eigenvalue weighted by atomic mass is 16.5. The normalized spacial score (nSPS) is 13.7. The van der Waals surface area contributed by atoms with Crippen molar-refractivity contribution in [1.82, 2.24) is 5.32 Å². The second-order valence-corrected chi connectivity index (χ2v) is 19.3. The molecule has 6 heteroatoms. The van der Waals surface area contributed by atoms with Crippen molar-refractivity contribution in [3.63, 3.8) is 0 Å². The number of nitrogens with one attached hydrogen (secondary N) is 1. The molecule has 0 aromatic heterocycles. The second-order valence-electron chi connectivity index (χ2n) is 19.3. The quantitative estimate of drug-likeness (QED) is 0.0321. The van der Waals surface area contributed by atoms with Crippen LogP contribution in [0.4, 0.5) is 0 Å². The van der Waals surface area contributed by atoms with Gasteiger partial charge in [-0.15, -0.1) is 0 Å². The minimum atomic E-state index is -0.802. The molecule has 6 nitrogen and oxygen atoms in total. The fraction of sp³-hybridized carbons (Fsp3) is 0.770. The Morgan fingerprint density at radius 3 is 1.13 bits per heavy atom. The van der Waals surface area contributed by atoms with Gasteiger partial charge in [0.25, 0.3) is 0 Å². The fourth-order valence-electron chi connectivity index (χ4n) is 8.52. The topological polar surface area (TPSA) is 95.9 Å². The minimum absolute atomic E-state index is 0.0479. The Bertz CT molecular complexity index is 1230. The van der Waals surface area contributed by atoms with Crippen LogP contribution in [0, 0.1) is 0 Å². The molecule has 0 aromatic carbocycles. The largest absolute Gasteiger partial charge is 0.462 e. The molecule has 3 N–H and O–H groups in total. The van der Waals surface area contributed by atoms with Gasteiger partial charge in [0, 0.05) is 6.42 Å². The van der Waals surface area contributed by atoms with Gasteiger partial charge in [-0.25, -0.2) is 0 Å². The molecule has 0 rings (SSSR count). The average Bonchev–Trinajstić information content (AvgIpc) is 3.32. The summed E-state index contributed by atoms with van der Waals surface area (Å²) >= 11 is 0. The Hall–Kier alpha value is -2.70. The van der Waals surface area contributed by atoms with Crippen LogP contribution in [0.3, 0.4) is 0 Å². The van der Waals surface area contributed by atoms with E-state index in [0.29, 0.717) is 19.3 Å². The van der Waals surface area contributed by atoms with Crippen molar-refractivity contribution in [3.05, 3.63) is 72.9 Å². The molecule has 3 atom stereocenters. The molecule has 0 radical (unpaired) electrons. The van der Waals surface area contributed by atoms with E-state index in [2.05, 4.69) is 92.9 Å². The minimum Gasteiger partial charge on any atom is -0.462 e. The molecule has 1 amide bonds. The molecule has 3 unspecified atom stereocenters. The van der Waals surface area contributed by atoms with Gasteiger partial charge in [0.2, 0.25) is 5.91 Å². The van der Waals surface area contributed by atoms with Crippen molar-refractivity contribution in [1.29, 1.82) is 0 Å². The number of aliphatic hydroxyl groups excluding tert-OH is 2. The SMILES string of the molecule is CC/C=C\C/C=C\C/C=C\C/C=C\C/C=C\C/C=C\CCC(=O)OC(CCCCCCCCCCCCCCCC)CC(=O)NC(CO)C(O)CCCCCCCCCCCCCCCCC. The highest BCUT2D eigenvalue weighted by molar-refractivity contribution is 5.77. The summed E-state index contributed by atoms with van der Waals surface area (Å²) in [5.41, 5.74) is 0. The number of ether oxygens (including phenoxy) is 1. The fourth-order valence-corrected chi connectivity index (χ4v) is 8.52. The van der Waals surface area contributed by atoms with Gasteiger partial charge in [-0.3, -0.25) is 9.59 Å². The highest BCUT2D eigenvalue weighted by Gasteiger charge is 2.24. The van der Waals surface area contributed by atoms with Crippen LogP contribution in [0.2, 0.25) is 0 Å². The summed E-state index contributed by atoms with van der Waals surface area (Å²) in [6.07, 6.45) is 69.7. The van der Waals surface area contributed by atoms with Crippen LogP contribution in [-0.4, -0.2) is 46.9 Å². The summed E-state index contributed by atoms with van der Waals surface area (Å²) in [5.74, 6) is -0.565. The van der Waals surface area contributed by atoms with Crippen molar-refractivity contribution >= 4 is 11.9 Å². The van der Waals surface area contributed by atoms with E-state index in [9.17, 15) is 19.8 Å². The van der Waals surface area contributed by atoms with E-state index in [-0.39, 0.29) is 31.3 Å². The highest BCUT2D eigenvalue weighted by Crippen LogP contribution is 2.18. The van der Waals surface area contributed by atoms with E-state index in [4.69, 9.17) is 4.74 Å². The number of allylic oxidation sites excluding steroid dienone is 12. The van der Waals surface area contributed by atoms with Crippen LogP contribution in [0.25, 0.3) is 0 Å². The van der Waals surface area contributed by atoms with Gasteiger partial charge in [0.1, 0.15) is 6.10 Å². The maximum atomic E-state index is 13.3. The molecule has 0 aromatic rings. The molecule has 0 aliphatic carbocycles. The van der Waals surface area contributed by atoms with Crippen molar-refractivity contribution in [2.75, 3.05) is 6.61 Å². The summed E-state index contributed by atoms with van der Waals surface area (Å²) in [5, 5.41) is 23.9. The first-order chi connectivity index (χ1) is 33.0. The zero-order valence-electron chi connectivity index (χ0n) is 44.3. The van der Waals surface area contributed by atoms with Gasteiger partial charge in [0.05, 0.1) is 25.2 Å². The van der Waals surface area contributed by atoms with Gasteiger partial charge in [-0.2, -0.15) is 0 Å². The first-order valence-electron chi connectivity index (χ1n) is 28.7. The van der Waals surface area contributed by atoms with Crippen LogP contribution in [0.1, 0.15) is 278 Å². The van der Waals surface area contributed by atoms with Gasteiger partial charge in [-0.05, 0) is 64.2 Å². The Kier molecular flexibility index (Phi) is 52.1. The third-order valence-corrected chi connectivity index (χ3v) is 12.8. The van der Waals surface area contributed by atoms with E-state index in [0.717, 1.165) is 77.0 Å². The lowest BCUT2D eigenvalue weighted by molar-refractivity contribution is -0.150. The number of carbonyl (C=O) groups is 2. The first-order valence-corrected chi connectivity index (χ1v) is 28.7. The molecule has 0 aliphatic rings. The van der Waals surface area contributed by atoms with E-state index in [1.165, 1.54) is 148 Å². The third kappa shape index (κ3) is 49.5. The molecule has 0 heterocycles. The molecule has 0 spiro atoms. The van der Waals surface area contributed by atoms with Gasteiger partial charge in [-0.1, -0.05) is 273 Å². The zero-order chi connectivity index (χ0) is 48.8. The number of unbranched alkanes of at least 4 members (excludes halogenated alkanes) is 27. The summed E-state index contributed by atoms with van der Waals surface area (Å²) in [6.45, 7) is 6.38. The summed E-state index contributed by atoms with van der Waals surface area (Å²) in [4.78, 5) is 26.2.